The predicted molar refractivity (Wildman–Crippen MR) is 102 cm³/mol. The third kappa shape index (κ3) is 6.69. The van der Waals surface area contributed by atoms with E-state index in [9.17, 15) is 23.1 Å². The topological polar surface area (TPSA) is 80.7 Å². The Balaban J connectivity index is 1.84. The maximum atomic E-state index is 12.7. The standard InChI is InChI=1S/C19H23F3N2O4S/c1-11(13-4-6-14(7-5-13)28-10-16(26)27-3)8-23-9-15(25)17-12(2)24-18(29-17)19(20,21)22/h4-7,11,15,23,25H,8-10H2,1-3H3. The van der Waals surface area contributed by atoms with E-state index in [2.05, 4.69) is 15.0 Å². The van der Waals surface area contributed by atoms with Crippen LogP contribution in [0.25, 0.3) is 0 Å². The zero-order chi connectivity index (χ0) is 21.6. The van der Waals surface area contributed by atoms with Gasteiger partial charge in [0.1, 0.15) is 11.9 Å². The van der Waals surface area contributed by atoms with Crippen molar-refractivity contribution in [3.8, 4) is 5.75 Å². The molecule has 1 heterocycles. The number of methoxy groups -OCH3 is 1. The maximum absolute atomic E-state index is 12.7. The number of thiazole rings is 1. The third-order valence-corrected chi connectivity index (χ3v) is 5.50. The fourth-order valence-electron chi connectivity index (χ4n) is 2.58. The van der Waals surface area contributed by atoms with Crippen LogP contribution in [-0.2, 0) is 15.7 Å². The van der Waals surface area contributed by atoms with Gasteiger partial charge in [-0.25, -0.2) is 9.78 Å². The molecular formula is C19H23F3N2O4S. The van der Waals surface area contributed by atoms with Crippen LogP contribution in [-0.4, -0.2) is 42.9 Å². The highest BCUT2D eigenvalue weighted by Gasteiger charge is 2.36. The molecule has 0 aliphatic carbocycles. The molecule has 0 fully saturated rings. The van der Waals surface area contributed by atoms with E-state index in [0.717, 1.165) is 5.56 Å². The predicted octanol–water partition coefficient (Wildman–Crippen LogP) is 3.45. The molecule has 0 amide bonds. The smallest absolute Gasteiger partial charge is 0.443 e. The Morgan fingerprint density at radius 1 is 1.28 bits per heavy atom. The lowest BCUT2D eigenvalue weighted by Crippen LogP contribution is -2.25. The highest BCUT2D eigenvalue weighted by Crippen LogP contribution is 2.36. The van der Waals surface area contributed by atoms with Crippen LogP contribution in [0.4, 0.5) is 13.2 Å². The largest absolute Gasteiger partial charge is 0.482 e. The van der Waals surface area contributed by atoms with Crippen molar-refractivity contribution in [2.24, 2.45) is 0 Å². The summed E-state index contributed by atoms with van der Waals surface area (Å²) in [6.07, 6.45) is -5.58. The lowest BCUT2D eigenvalue weighted by atomic mass is 10.0. The van der Waals surface area contributed by atoms with Gasteiger partial charge in [0.15, 0.2) is 11.6 Å². The number of esters is 1. The van der Waals surface area contributed by atoms with Gasteiger partial charge >= 0.3 is 12.1 Å². The molecule has 2 N–H and O–H groups in total. The van der Waals surface area contributed by atoms with Gasteiger partial charge in [-0.15, -0.1) is 11.3 Å². The lowest BCUT2D eigenvalue weighted by molar-refractivity contribution is -0.143. The molecule has 0 saturated heterocycles. The minimum Gasteiger partial charge on any atom is -0.482 e. The number of carbonyl (C=O) groups is 1. The summed E-state index contributed by atoms with van der Waals surface area (Å²) in [5.74, 6) is 0.157. The minimum atomic E-state index is -4.51. The number of aromatic nitrogens is 1. The van der Waals surface area contributed by atoms with E-state index in [4.69, 9.17) is 4.74 Å². The SMILES string of the molecule is COC(=O)COc1ccc(C(C)CNCC(O)c2sc(C(F)(F)F)nc2C)cc1. The van der Waals surface area contributed by atoms with Crippen molar-refractivity contribution >= 4 is 17.3 Å². The summed E-state index contributed by atoms with van der Waals surface area (Å²) in [5, 5.41) is 12.3. The van der Waals surface area contributed by atoms with Crippen LogP contribution in [0.5, 0.6) is 5.75 Å². The number of aryl methyl sites for hydroxylation is 1. The molecule has 1 aromatic heterocycles. The van der Waals surface area contributed by atoms with Crippen molar-refractivity contribution in [2.45, 2.75) is 32.0 Å². The molecule has 10 heteroatoms. The molecule has 0 radical (unpaired) electrons. The number of aliphatic hydroxyl groups is 1. The molecule has 0 aliphatic rings. The Morgan fingerprint density at radius 3 is 2.48 bits per heavy atom. The molecule has 29 heavy (non-hydrogen) atoms. The van der Waals surface area contributed by atoms with Crippen molar-refractivity contribution in [1.82, 2.24) is 10.3 Å². The van der Waals surface area contributed by atoms with E-state index >= 15 is 0 Å². The average molecular weight is 432 g/mol. The number of benzene rings is 1. The van der Waals surface area contributed by atoms with Gasteiger partial charge in [-0.05, 0) is 30.5 Å². The Bertz CT molecular complexity index is 809. The summed E-state index contributed by atoms with van der Waals surface area (Å²) < 4.78 is 48.0. The van der Waals surface area contributed by atoms with Crippen LogP contribution in [0, 0.1) is 6.92 Å². The summed E-state index contributed by atoms with van der Waals surface area (Å²) in [6, 6.07) is 7.20. The monoisotopic (exact) mass is 432 g/mol. The van der Waals surface area contributed by atoms with Gasteiger partial charge < -0.3 is 19.9 Å². The van der Waals surface area contributed by atoms with E-state index in [-0.39, 0.29) is 29.6 Å². The molecule has 2 rings (SSSR count). The van der Waals surface area contributed by atoms with Gasteiger partial charge in [0, 0.05) is 13.1 Å². The lowest BCUT2D eigenvalue weighted by Gasteiger charge is -2.16. The number of rotatable bonds is 9. The molecule has 1 aromatic carbocycles. The zero-order valence-corrected chi connectivity index (χ0v) is 17.1. The molecule has 0 spiro atoms. The summed E-state index contributed by atoms with van der Waals surface area (Å²) in [7, 11) is 1.28. The first-order valence-electron chi connectivity index (χ1n) is 8.84. The molecule has 0 aliphatic heterocycles. The number of nitrogens with zero attached hydrogens (tertiary/aromatic N) is 1. The number of carbonyl (C=O) groups excluding carboxylic acids is 1. The van der Waals surface area contributed by atoms with Crippen molar-refractivity contribution in [3.63, 3.8) is 0 Å². The number of hydrogen-bond donors (Lipinski definition) is 2. The summed E-state index contributed by atoms with van der Waals surface area (Å²) in [4.78, 5) is 14.8. The number of aliphatic hydroxyl groups excluding tert-OH is 1. The summed E-state index contributed by atoms with van der Waals surface area (Å²) in [6.45, 7) is 3.90. The summed E-state index contributed by atoms with van der Waals surface area (Å²) >= 11 is 0.467. The third-order valence-electron chi connectivity index (χ3n) is 4.20. The van der Waals surface area contributed by atoms with E-state index in [1.807, 2.05) is 19.1 Å². The highest BCUT2D eigenvalue weighted by atomic mass is 32.1. The van der Waals surface area contributed by atoms with E-state index in [1.165, 1.54) is 14.0 Å². The quantitative estimate of drug-likeness (QED) is 0.591. The van der Waals surface area contributed by atoms with Crippen LogP contribution in [0.15, 0.2) is 24.3 Å². The van der Waals surface area contributed by atoms with Crippen LogP contribution in [0.2, 0.25) is 0 Å². The molecule has 2 unspecified atom stereocenters. The minimum absolute atomic E-state index is 0.0881. The van der Waals surface area contributed by atoms with Crippen molar-refractivity contribution < 1.29 is 32.5 Å². The molecule has 160 valence electrons. The second-order valence-corrected chi connectivity index (χ2v) is 7.51. The Labute approximate surface area is 170 Å². The number of alkyl halides is 3. The average Bonchev–Trinajstić information content (AvgIpc) is 3.08. The Hall–Kier alpha value is -2.17. The van der Waals surface area contributed by atoms with E-state index < -0.39 is 23.3 Å². The highest BCUT2D eigenvalue weighted by molar-refractivity contribution is 7.11. The molecule has 0 bridgehead atoms. The van der Waals surface area contributed by atoms with Crippen LogP contribution >= 0.6 is 11.3 Å². The van der Waals surface area contributed by atoms with Gasteiger partial charge in [-0.3, -0.25) is 0 Å². The van der Waals surface area contributed by atoms with E-state index in [0.29, 0.717) is 23.6 Å². The van der Waals surface area contributed by atoms with Crippen LogP contribution < -0.4 is 10.1 Å². The number of nitrogens with one attached hydrogen (secondary N) is 1. The Kier molecular flexibility index (Phi) is 8.00. The van der Waals surface area contributed by atoms with Gasteiger partial charge in [-0.2, -0.15) is 13.2 Å². The fraction of sp³-hybridized carbons (Fsp3) is 0.474. The normalized spacial score (nSPS) is 13.8. The van der Waals surface area contributed by atoms with Gasteiger partial charge in [0.25, 0.3) is 0 Å². The molecule has 0 saturated carbocycles. The number of ether oxygens (including phenoxy) is 2. The van der Waals surface area contributed by atoms with E-state index in [1.54, 1.807) is 12.1 Å². The van der Waals surface area contributed by atoms with Crippen molar-refractivity contribution in [2.75, 3.05) is 26.8 Å². The van der Waals surface area contributed by atoms with Gasteiger partial charge in [0.2, 0.25) is 0 Å². The Morgan fingerprint density at radius 2 is 1.93 bits per heavy atom. The molecule has 2 aromatic rings. The fourth-order valence-corrected chi connectivity index (χ4v) is 3.50. The van der Waals surface area contributed by atoms with Crippen molar-refractivity contribution in [1.29, 1.82) is 0 Å². The molecular weight excluding hydrogens is 409 g/mol. The maximum Gasteiger partial charge on any atom is 0.443 e. The van der Waals surface area contributed by atoms with Crippen LogP contribution in [0.3, 0.4) is 0 Å². The summed E-state index contributed by atoms with van der Waals surface area (Å²) in [5.41, 5.74) is 1.19. The zero-order valence-electron chi connectivity index (χ0n) is 16.2. The first-order chi connectivity index (χ1) is 13.6. The number of hydrogen-bond acceptors (Lipinski definition) is 7. The first kappa shape index (κ1) is 23.1. The molecule has 2 atom stereocenters. The van der Waals surface area contributed by atoms with Gasteiger partial charge in [-0.1, -0.05) is 19.1 Å². The van der Waals surface area contributed by atoms with Gasteiger partial charge in [0.05, 0.1) is 17.7 Å². The number of halogens is 3. The van der Waals surface area contributed by atoms with Crippen LogP contribution in [0.1, 0.15) is 40.1 Å². The second kappa shape index (κ2) is 10.0. The van der Waals surface area contributed by atoms with Crippen molar-refractivity contribution in [3.05, 3.63) is 45.4 Å². The molecule has 6 nitrogen and oxygen atoms in total. The first-order valence-corrected chi connectivity index (χ1v) is 9.66. The second-order valence-electron chi connectivity index (χ2n) is 6.48.